The molecule has 3 nitrogen and oxygen atoms in total. The van der Waals surface area contributed by atoms with Crippen LogP contribution in [0.3, 0.4) is 0 Å². The van der Waals surface area contributed by atoms with E-state index in [1.165, 1.54) is 12.1 Å². The van der Waals surface area contributed by atoms with E-state index in [0.717, 1.165) is 12.0 Å². The van der Waals surface area contributed by atoms with Crippen LogP contribution in [0.1, 0.15) is 28.3 Å². The van der Waals surface area contributed by atoms with Crippen LogP contribution in [-0.4, -0.2) is 16.9 Å². The predicted molar refractivity (Wildman–Crippen MR) is 76.6 cm³/mol. The van der Waals surface area contributed by atoms with Crippen molar-refractivity contribution >= 4 is 18.1 Å². The van der Waals surface area contributed by atoms with E-state index >= 15 is 0 Å². The van der Waals surface area contributed by atoms with Crippen LogP contribution in [0.15, 0.2) is 42.6 Å². The highest BCUT2D eigenvalue weighted by molar-refractivity contribution is 7.71. The Morgan fingerprint density at radius 2 is 2.20 bits per heavy atom. The van der Waals surface area contributed by atoms with Crippen molar-refractivity contribution in [3.63, 3.8) is 0 Å². The first-order valence-corrected chi connectivity index (χ1v) is 6.80. The third-order valence-corrected chi connectivity index (χ3v) is 3.78. The summed E-state index contributed by atoms with van der Waals surface area (Å²) in [5, 5.41) is 2.93. The first-order chi connectivity index (χ1) is 9.65. The zero-order chi connectivity index (χ0) is 14.1. The summed E-state index contributed by atoms with van der Waals surface area (Å²) in [7, 11) is 0. The Morgan fingerprint density at radius 3 is 2.95 bits per heavy atom. The van der Waals surface area contributed by atoms with Crippen LogP contribution in [-0.2, 0) is 0 Å². The average molecular weight is 288 g/mol. The molecule has 0 spiro atoms. The van der Waals surface area contributed by atoms with Gasteiger partial charge in [-0.15, -0.1) is 0 Å². The number of hydrogen-bond donors (Lipinski definition) is 2. The van der Waals surface area contributed by atoms with E-state index in [1.807, 2.05) is 6.07 Å². The number of carbonyl (C=O) groups is 1. The van der Waals surface area contributed by atoms with Gasteiger partial charge in [0.25, 0.3) is 5.91 Å². The lowest BCUT2D eigenvalue weighted by Gasteiger charge is -2.05. The van der Waals surface area contributed by atoms with Gasteiger partial charge in [0.1, 0.15) is 10.5 Å². The number of H-pyrrole nitrogens is 1. The van der Waals surface area contributed by atoms with E-state index in [9.17, 15) is 9.18 Å². The number of hydrogen-bond acceptors (Lipinski definition) is 2. The van der Waals surface area contributed by atoms with Gasteiger partial charge in [0, 0.05) is 18.2 Å². The van der Waals surface area contributed by atoms with Crippen molar-refractivity contribution in [2.45, 2.75) is 18.4 Å². The highest BCUT2D eigenvalue weighted by Crippen LogP contribution is 2.41. The number of amides is 1. The smallest absolute Gasteiger partial charge is 0.254 e. The molecule has 2 atom stereocenters. The summed E-state index contributed by atoms with van der Waals surface area (Å²) in [6.07, 6.45) is 2.52. The Hall–Kier alpha value is -2.01. The quantitative estimate of drug-likeness (QED) is 0.852. The molecule has 1 aromatic heterocycles. The Bertz CT molecular complexity index is 713. The first-order valence-electron chi connectivity index (χ1n) is 6.39. The van der Waals surface area contributed by atoms with Crippen molar-refractivity contribution < 1.29 is 9.18 Å². The topological polar surface area (TPSA) is 44.9 Å². The van der Waals surface area contributed by atoms with E-state index < -0.39 is 0 Å². The summed E-state index contributed by atoms with van der Waals surface area (Å²) in [5.74, 6) is -0.239. The van der Waals surface area contributed by atoms with Crippen molar-refractivity contribution in [3.05, 3.63) is 64.2 Å². The second kappa shape index (κ2) is 5.17. The molecule has 0 radical (unpaired) electrons. The van der Waals surface area contributed by atoms with Crippen LogP contribution in [0.4, 0.5) is 4.39 Å². The lowest BCUT2D eigenvalue weighted by molar-refractivity contribution is 0.0949. The molecule has 1 saturated carbocycles. The molecular formula is C15H13FN2OS. The summed E-state index contributed by atoms with van der Waals surface area (Å²) in [6.45, 7) is 0. The normalized spacial score (nSPS) is 20.4. The molecule has 20 heavy (non-hydrogen) atoms. The molecule has 1 amide bonds. The van der Waals surface area contributed by atoms with Crippen molar-refractivity contribution in [1.82, 2.24) is 10.3 Å². The Balaban J connectivity index is 1.68. The summed E-state index contributed by atoms with van der Waals surface area (Å²) < 4.78 is 13.6. The maximum atomic E-state index is 13.2. The number of aromatic amines is 1. The molecule has 0 unspecified atom stereocenters. The number of carbonyl (C=O) groups excluding carboxylic acids is 1. The van der Waals surface area contributed by atoms with Gasteiger partial charge in [-0.1, -0.05) is 24.4 Å². The fourth-order valence-electron chi connectivity index (χ4n) is 2.31. The van der Waals surface area contributed by atoms with Gasteiger partial charge in [0.05, 0.1) is 5.56 Å². The minimum Gasteiger partial charge on any atom is -0.352 e. The second-order valence-corrected chi connectivity index (χ2v) is 5.30. The van der Waals surface area contributed by atoms with E-state index in [4.69, 9.17) is 12.2 Å². The van der Waals surface area contributed by atoms with Gasteiger partial charge in [-0.25, -0.2) is 4.39 Å². The fraction of sp³-hybridized carbons (Fsp3) is 0.200. The van der Waals surface area contributed by atoms with Crippen LogP contribution in [0.25, 0.3) is 0 Å². The lowest BCUT2D eigenvalue weighted by Crippen LogP contribution is -2.27. The highest BCUT2D eigenvalue weighted by atomic mass is 32.1. The van der Waals surface area contributed by atoms with Crippen LogP contribution in [0, 0.1) is 10.5 Å². The molecule has 102 valence electrons. The van der Waals surface area contributed by atoms with Gasteiger partial charge in [0.2, 0.25) is 0 Å². The minimum absolute atomic E-state index is 0.0545. The van der Waals surface area contributed by atoms with Gasteiger partial charge >= 0.3 is 0 Å². The molecule has 5 heteroatoms. The maximum absolute atomic E-state index is 13.2. The zero-order valence-corrected chi connectivity index (χ0v) is 11.4. The van der Waals surface area contributed by atoms with Crippen LogP contribution in [0.5, 0.6) is 0 Å². The third-order valence-electron chi connectivity index (χ3n) is 3.45. The van der Waals surface area contributed by atoms with E-state index in [2.05, 4.69) is 10.3 Å². The average Bonchev–Trinajstić information content (AvgIpc) is 3.18. The molecule has 0 bridgehead atoms. The molecule has 0 aliphatic heterocycles. The Kier molecular flexibility index (Phi) is 3.36. The molecule has 1 aliphatic rings. The highest BCUT2D eigenvalue weighted by Gasteiger charge is 2.39. The molecule has 1 aromatic carbocycles. The molecule has 3 rings (SSSR count). The summed E-state index contributed by atoms with van der Waals surface area (Å²) in [5.41, 5.74) is 1.39. The number of halogens is 1. The van der Waals surface area contributed by atoms with Gasteiger partial charge in [-0.2, -0.15) is 0 Å². The van der Waals surface area contributed by atoms with Crippen LogP contribution < -0.4 is 5.32 Å². The van der Waals surface area contributed by atoms with Gasteiger partial charge in [0.15, 0.2) is 0 Å². The number of nitrogens with one attached hydrogen (secondary N) is 2. The molecule has 1 aliphatic carbocycles. The molecular weight excluding hydrogens is 275 g/mol. The van der Waals surface area contributed by atoms with Crippen molar-refractivity contribution in [2.24, 2.45) is 0 Å². The molecule has 1 heterocycles. The largest absolute Gasteiger partial charge is 0.352 e. The van der Waals surface area contributed by atoms with E-state index in [0.29, 0.717) is 10.2 Å². The maximum Gasteiger partial charge on any atom is 0.254 e. The Morgan fingerprint density at radius 1 is 1.35 bits per heavy atom. The predicted octanol–water partition coefficient (Wildman–Crippen LogP) is 3.17. The summed E-state index contributed by atoms with van der Waals surface area (Å²) >= 11 is 5.08. The summed E-state index contributed by atoms with van der Waals surface area (Å²) in [4.78, 5) is 14.9. The van der Waals surface area contributed by atoms with Crippen LogP contribution >= 0.6 is 12.2 Å². The summed E-state index contributed by atoms with van der Waals surface area (Å²) in [6, 6.07) is 9.99. The standard InChI is InChI=1S/C15H13FN2OS/c16-10-4-1-3-9(7-10)12-8-13(12)18-14(19)11-5-2-6-17-15(11)20/h1-7,12-13H,8H2,(H,17,20)(H,18,19)/t12-,13+/m1/s1. The van der Waals surface area contributed by atoms with Gasteiger partial charge in [-0.05, 0) is 36.2 Å². The Labute approximate surface area is 120 Å². The zero-order valence-electron chi connectivity index (χ0n) is 10.6. The number of rotatable bonds is 3. The van der Waals surface area contributed by atoms with Crippen molar-refractivity contribution in [2.75, 3.05) is 0 Å². The second-order valence-electron chi connectivity index (χ2n) is 4.89. The SMILES string of the molecule is O=C(N[C@H]1C[C@@H]1c1cccc(F)c1)c1ccc[nH]c1=S. The molecule has 2 aromatic rings. The monoisotopic (exact) mass is 288 g/mol. The minimum atomic E-state index is -0.245. The van der Waals surface area contributed by atoms with Crippen molar-refractivity contribution in [3.8, 4) is 0 Å². The van der Waals surface area contributed by atoms with Gasteiger partial charge < -0.3 is 10.3 Å². The number of benzene rings is 1. The van der Waals surface area contributed by atoms with Crippen molar-refractivity contribution in [1.29, 1.82) is 0 Å². The molecule has 2 N–H and O–H groups in total. The van der Waals surface area contributed by atoms with E-state index in [-0.39, 0.29) is 23.7 Å². The molecule has 1 fully saturated rings. The third kappa shape index (κ3) is 2.63. The fourth-order valence-corrected chi connectivity index (χ4v) is 2.54. The number of aromatic nitrogens is 1. The lowest BCUT2D eigenvalue weighted by atomic mass is 10.1. The van der Waals surface area contributed by atoms with Gasteiger partial charge in [-0.3, -0.25) is 4.79 Å². The number of pyridine rings is 1. The van der Waals surface area contributed by atoms with Crippen LogP contribution in [0.2, 0.25) is 0 Å². The van der Waals surface area contributed by atoms with E-state index in [1.54, 1.807) is 24.4 Å². The first kappa shape index (κ1) is 13.0. The molecule has 0 saturated heterocycles.